The summed E-state index contributed by atoms with van der Waals surface area (Å²) in [5.74, 6) is 2.11. The lowest BCUT2D eigenvalue weighted by Crippen LogP contribution is -2.83. The molecule has 1 rings (SSSR count). The van der Waals surface area contributed by atoms with Gasteiger partial charge in [-0.2, -0.15) is 0 Å². The molecule has 0 heterocycles. The number of rotatable bonds is 12. The third-order valence-electron chi connectivity index (χ3n) is 3.48. The van der Waals surface area contributed by atoms with Crippen LogP contribution in [0.15, 0.2) is 18.2 Å². The van der Waals surface area contributed by atoms with Crippen molar-refractivity contribution in [2.75, 3.05) is 33.4 Å². The number of guanidine groups is 2. The van der Waals surface area contributed by atoms with Gasteiger partial charge < -0.3 is 14.8 Å². The summed E-state index contributed by atoms with van der Waals surface area (Å²) in [7, 11) is 1.65. The highest BCUT2D eigenvalue weighted by Gasteiger charge is 2.08. The van der Waals surface area contributed by atoms with E-state index in [0.29, 0.717) is 13.2 Å². The molecule has 1 aromatic carbocycles. The van der Waals surface area contributed by atoms with Gasteiger partial charge in [0.2, 0.25) is 0 Å². The van der Waals surface area contributed by atoms with Gasteiger partial charge in [-0.1, -0.05) is 0 Å². The molecule has 0 bridgehead atoms. The normalized spacial score (nSPS) is 10.1. The monoisotopic (exact) mass is 354 g/mol. The molecule has 0 amide bonds. The van der Waals surface area contributed by atoms with Gasteiger partial charge in [0.1, 0.15) is 24.7 Å². The van der Waals surface area contributed by atoms with Crippen LogP contribution in [-0.4, -0.2) is 45.3 Å². The van der Waals surface area contributed by atoms with Gasteiger partial charge in [0.05, 0.1) is 32.3 Å². The largest absolute Gasteiger partial charge is 0.497 e. The number of hydrogen-bond acceptors (Lipinski definition) is 2. The maximum Gasteiger partial charge on any atom is 0.338 e. The minimum absolute atomic E-state index is 0.190. The molecule has 0 aliphatic rings. The molecule has 140 valence electrons. The fourth-order valence-electron chi connectivity index (χ4n) is 2.24. The van der Waals surface area contributed by atoms with E-state index in [1.165, 1.54) is 0 Å². The Morgan fingerprint density at radius 3 is 2.44 bits per heavy atom. The highest BCUT2D eigenvalue weighted by Crippen LogP contribution is 2.23. The summed E-state index contributed by atoms with van der Waals surface area (Å²) in [5, 5.41) is 2.24. The van der Waals surface area contributed by atoms with Crippen LogP contribution >= 0.6 is 0 Å². The number of hydrogen-bond donors (Lipinski definition) is 7. The Balaban J connectivity index is 2.46. The Morgan fingerprint density at radius 1 is 1.04 bits per heavy atom. The molecule has 0 atom stereocenters. The first kappa shape index (κ1) is 20.4. The van der Waals surface area contributed by atoms with Gasteiger partial charge in [0, 0.05) is 0 Å². The van der Waals surface area contributed by atoms with Crippen LogP contribution in [0.5, 0.6) is 11.5 Å². The molecule has 0 radical (unpaired) electrons. The van der Waals surface area contributed by atoms with Crippen LogP contribution < -0.4 is 47.7 Å². The van der Waals surface area contributed by atoms with Crippen LogP contribution in [0.4, 0.5) is 0 Å². The molecule has 0 saturated heterocycles. The number of nitrogens with two attached hydrogens (primary N) is 5. The van der Waals surface area contributed by atoms with Crippen LogP contribution in [-0.2, 0) is 6.54 Å². The molecule has 0 unspecified atom stereocenters. The second-order valence-electron chi connectivity index (χ2n) is 5.57. The summed E-state index contributed by atoms with van der Waals surface area (Å²) >= 11 is 0. The summed E-state index contributed by atoms with van der Waals surface area (Å²) in [6.45, 7) is 3.62. The van der Waals surface area contributed by atoms with Crippen molar-refractivity contribution >= 4 is 11.9 Å². The molecule has 0 fully saturated rings. The van der Waals surface area contributed by atoms with E-state index in [9.17, 15) is 0 Å². The predicted molar refractivity (Wildman–Crippen MR) is 96.6 cm³/mol. The number of nitrogens with one attached hydrogen (secondary N) is 2. The maximum absolute atomic E-state index is 5.81. The highest BCUT2D eigenvalue weighted by molar-refractivity contribution is 5.69. The SMILES string of the molecule is COc1ccc(OCC[NH+]=C(N)N)c(C[NH2+]CCCC[NH+]=C(N)N)c1. The van der Waals surface area contributed by atoms with Crippen molar-refractivity contribution < 1.29 is 24.8 Å². The maximum atomic E-state index is 5.81. The summed E-state index contributed by atoms with van der Waals surface area (Å²) in [6.07, 6.45) is 2.08. The topological polar surface area (TPSA) is 167 Å². The number of benzene rings is 1. The lowest BCUT2D eigenvalue weighted by molar-refractivity contribution is -0.671. The van der Waals surface area contributed by atoms with Crippen LogP contribution in [0, 0.1) is 0 Å². The molecule has 12 N–H and O–H groups in total. The van der Waals surface area contributed by atoms with Crippen LogP contribution in [0.1, 0.15) is 18.4 Å². The zero-order valence-corrected chi connectivity index (χ0v) is 14.9. The Hall–Kier alpha value is -2.68. The molecular formula is C16H32N7O2+3. The number of ether oxygens (including phenoxy) is 2. The van der Waals surface area contributed by atoms with Gasteiger partial charge in [0.15, 0.2) is 0 Å². The summed E-state index contributed by atoms with van der Waals surface area (Å²) in [4.78, 5) is 5.74. The molecule has 9 heteroatoms. The molecule has 25 heavy (non-hydrogen) atoms. The standard InChI is InChI=1S/C16H29N7O2/c1-24-13-4-5-14(25-9-8-23-16(19)20)12(10-13)11-21-6-2-3-7-22-15(17)18/h4-5,10,21H,2-3,6-9,11H2,1H3,(H4,17,18,22)(H4,19,20,23)/p+3. The molecule has 1 aromatic rings. The average Bonchev–Trinajstić information content (AvgIpc) is 2.58. The first-order chi connectivity index (χ1) is 12.0. The molecule has 9 nitrogen and oxygen atoms in total. The zero-order valence-electron chi connectivity index (χ0n) is 14.9. The van der Waals surface area contributed by atoms with E-state index in [0.717, 1.165) is 49.5 Å². The number of quaternary nitrogens is 1. The molecule has 0 spiro atoms. The summed E-state index contributed by atoms with van der Waals surface area (Å²) in [6, 6.07) is 5.80. The molecule has 0 aliphatic carbocycles. The Kier molecular flexibility index (Phi) is 9.61. The van der Waals surface area contributed by atoms with Crippen LogP contribution in [0.2, 0.25) is 0 Å². The van der Waals surface area contributed by atoms with Gasteiger partial charge in [-0.05, 0) is 31.0 Å². The third kappa shape index (κ3) is 9.26. The van der Waals surface area contributed by atoms with E-state index in [1.54, 1.807) is 7.11 Å². The van der Waals surface area contributed by atoms with E-state index >= 15 is 0 Å². The molecular weight excluding hydrogens is 322 g/mol. The Bertz CT molecular complexity index is 568. The van der Waals surface area contributed by atoms with Crippen molar-refractivity contribution in [2.24, 2.45) is 22.9 Å². The second kappa shape index (κ2) is 11.8. The van der Waals surface area contributed by atoms with E-state index < -0.39 is 0 Å². The third-order valence-corrected chi connectivity index (χ3v) is 3.48. The quantitative estimate of drug-likeness (QED) is 0.112. The van der Waals surface area contributed by atoms with E-state index in [-0.39, 0.29) is 11.9 Å². The van der Waals surface area contributed by atoms with Gasteiger partial charge in [-0.3, -0.25) is 32.9 Å². The smallest absolute Gasteiger partial charge is 0.338 e. The van der Waals surface area contributed by atoms with Crippen molar-refractivity contribution in [1.29, 1.82) is 0 Å². The van der Waals surface area contributed by atoms with E-state index in [2.05, 4.69) is 15.3 Å². The van der Waals surface area contributed by atoms with Gasteiger partial charge in [-0.15, -0.1) is 0 Å². The fraction of sp³-hybridized carbons (Fsp3) is 0.500. The fourth-order valence-corrected chi connectivity index (χ4v) is 2.24. The first-order valence-electron chi connectivity index (χ1n) is 8.38. The van der Waals surface area contributed by atoms with E-state index in [4.69, 9.17) is 32.4 Å². The average molecular weight is 354 g/mol. The van der Waals surface area contributed by atoms with Crippen molar-refractivity contribution in [2.45, 2.75) is 19.4 Å². The molecule has 0 saturated carbocycles. The zero-order chi connectivity index (χ0) is 18.5. The summed E-state index contributed by atoms with van der Waals surface area (Å²) < 4.78 is 11.1. The van der Waals surface area contributed by atoms with E-state index in [1.807, 2.05) is 18.2 Å². The number of methoxy groups -OCH3 is 1. The van der Waals surface area contributed by atoms with Crippen molar-refractivity contribution in [3.63, 3.8) is 0 Å². The van der Waals surface area contributed by atoms with Crippen molar-refractivity contribution in [3.05, 3.63) is 23.8 Å². The van der Waals surface area contributed by atoms with Gasteiger partial charge in [-0.25, -0.2) is 0 Å². The van der Waals surface area contributed by atoms with Gasteiger partial charge >= 0.3 is 11.9 Å². The molecule has 0 aromatic heterocycles. The second-order valence-corrected chi connectivity index (χ2v) is 5.57. The highest BCUT2D eigenvalue weighted by atomic mass is 16.5. The van der Waals surface area contributed by atoms with Crippen LogP contribution in [0.25, 0.3) is 0 Å². The van der Waals surface area contributed by atoms with Gasteiger partial charge in [0.25, 0.3) is 0 Å². The van der Waals surface area contributed by atoms with Crippen LogP contribution in [0.3, 0.4) is 0 Å². The Labute approximate surface area is 148 Å². The molecule has 0 aliphatic heterocycles. The van der Waals surface area contributed by atoms with Crippen molar-refractivity contribution in [3.8, 4) is 11.5 Å². The lowest BCUT2D eigenvalue weighted by Gasteiger charge is -2.11. The minimum Gasteiger partial charge on any atom is -0.497 e. The lowest BCUT2D eigenvalue weighted by atomic mass is 10.2. The van der Waals surface area contributed by atoms with Crippen molar-refractivity contribution in [1.82, 2.24) is 0 Å². The number of unbranched alkanes of at least 4 members (excludes halogenated alkanes) is 1. The first-order valence-corrected chi connectivity index (χ1v) is 8.38. The Morgan fingerprint density at radius 2 is 1.76 bits per heavy atom. The minimum atomic E-state index is 0.190. The predicted octanol–water partition coefficient (Wildman–Crippen LogP) is -5.37. The summed E-state index contributed by atoms with van der Waals surface area (Å²) in [5.41, 5.74) is 22.5.